The molecule has 1 unspecified atom stereocenters. The molecule has 112 valence electrons. The Kier molecular flexibility index (Phi) is 4.80. The minimum atomic E-state index is -3.41. The van der Waals surface area contributed by atoms with Gasteiger partial charge in [0.25, 0.3) is 0 Å². The molecule has 0 aromatic heterocycles. The minimum absolute atomic E-state index is 0.0542. The molecule has 1 aromatic carbocycles. The SMILES string of the molecule is CN(C)Cc1ccc(S(=O)(=O)N2CCCC2CN)cc1. The second kappa shape index (κ2) is 6.22. The highest BCUT2D eigenvalue weighted by atomic mass is 32.2. The number of hydrogen-bond acceptors (Lipinski definition) is 4. The monoisotopic (exact) mass is 297 g/mol. The Morgan fingerprint density at radius 3 is 2.50 bits per heavy atom. The van der Waals surface area contributed by atoms with Crippen molar-refractivity contribution in [3.63, 3.8) is 0 Å². The molecule has 20 heavy (non-hydrogen) atoms. The molecule has 0 aliphatic carbocycles. The summed E-state index contributed by atoms with van der Waals surface area (Å²) in [7, 11) is 0.568. The normalized spacial score (nSPS) is 20.7. The summed E-state index contributed by atoms with van der Waals surface area (Å²) < 4.78 is 26.7. The van der Waals surface area contributed by atoms with E-state index in [9.17, 15) is 8.42 Å². The number of benzene rings is 1. The summed E-state index contributed by atoms with van der Waals surface area (Å²) in [6.07, 6.45) is 1.74. The van der Waals surface area contributed by atoms with Crippen molar-refractivity contribution in [2.75, 3.05) is 27.2 Å². The summed E-state index contributed by atoms with van der Waals surface area (Å²) in [4.78, 5) is 2.41. The van der Waals surface area contributed by atoms with Gasteiger partial charge in [0.15, 0.2) is 0 Å². The number of sulfonamides is 1. The molecular formula is C14H23N3O2S. The molecule has 0 amide bonds. The summed E-state index contributed by atoms with van der Waals surface area (Å²) >= 11 is 0. The van der Waals surface area contributed by atoms with Crippen molar-refractivity contribution in [3.8, 4) is 0 Å². The first-order valence-electron chi connectivity index (χ1n) is 6.90. The molecule has 1 fully saturated rings. The maximum Gasteiger partial charge on any atom is 0.243 e. The Bertz CT molecular complexity index is 540. The summed E-state index contributed by atoms with van der Waals surface area (Å²) in [5.41, 5.74) is 6.77. The second-order valence-corrected chi connectivity index (χ2v) is 7.42. The molecular weight excluding hydrogens is 274 g/mol. The molecule has 1 aliphatic rings. The van der Waals surface area contributed by atoms with Gasteiger partial charge in [-0.3, -0.25) is 0 Å². The largest absolute Gasteiger partial charge is 0.329 e. The van der Waals surface area contributed by atoms with Crippen LogP contribution < -0.4 is 5.73 Å². The Balaban J connectivity index is 2.21. The Morgan fingerprint density at radius 1 is 1.30 bits per heavy atom. The van der Waals surface area contributed by atoms with E-state index in [-0.39, 0.29) is 6.04 Å². The van der Waals surface area contributed by atoms with Gasteiger partial charge in [-0.2, -0.15) is 4.31 Å². The van der Waals surface area contributed by atoms with Crippen LogP contribution in [0, 0.1) is 0 Å². The average molecular weight is 297 g/mol. The maximum absolute atomic E-state index is 12.6. The molecule has 1 aliphatic heterocycles. The van der Waals surface area contributed by atoms with Crippen molar-refractivity contribution in [1.82, 2.24) is 9.21 Å². The number of rotatable bonds is 5. The van der Waals surface area contributed by atoms with Gasteiger partial charge < -0.3 is 10.6 Å². The van der Waals surface area contributed by atoms with E-state index in [0.29, 0.717) is 18.0 Å². The third kappa shape index (κ3) is 3.20. The van der Waals surface area contributed by atoms with E-state index >= 15 is 0 Å². The van der Waals surface area contributed by atoms with Crippen molar-refractivity contribution in [3.05, 3.63) is 29.8 Å². The van der Waals surface area contributed by atoms with Gasteiger partial charge in [0, 0.05) is 25.7 Å². The highest BCUT2D eigenvalue weighted by Gasteiger charge is 2.34. The van der Waals surface area contributed by atoms with Crippen LogP contribution in [0.5, 0.6) is 0 Å². The van der Waals surface area contributed by atoms with Crippen molar-refractivity contribution < 1.29 is 8.42 Å². The van der Waals surface area contributed by atoms with Crippen LogP contribution in [0.25, 0.3) is 0 Å². The highest BCUT2D eigenvalue weighted by molar-refractivity contribution is 7.89. The fourth-order valence-corrected chi connectivity index (χ4v) is 4.33. The molecule has 2 rings (SSSR count). The number of nitrogens with zero attached hydrogens (tertiary/aromatic N) is 2. The topological polar surface area (TPSA) is 66.6 Å². The van der Waals surface area contributed by atoms with E-state index in [1.165, 1.54) is 0 Å². The molecule has 0 spiro atoms. The van der Waals surface area contributed by atoms with Gasteiger partial charge in [-0.25, -0.2) is 8.42 Å². The molecule has 0 bridgehead atoms. The van der Waals surface area contributed by atoms with E-state index in [1.54, 1.807) is 16.4 Å². The van der Waals surface area contributed by atoms with Crippen molar-refractivity contribution in [1.29, 1.82) is 0 Å². The molecule has 1 atom stereocenters. The minimum Gasteiger partial charge on any atom is -0.329 e. The maximum atomic E-state index is 12.6. The Morgan fingerprint density at radius 2 is 1.95 bits per heavy atom. The van der Waals surface area contributed by atoms with Gasteiger partial charge in [-0.15, -0.1) is 0 Å². The lowest BCUT2D eigenvalue weighted by molar-refractivity contribution is 0.392. The van der Waals surface area contributed by atoms with Crippen LogP contribution in [0.3, 0.4) is 0 Å². The van der Waals surface area contributed by atoms with E-state index in [4.69, 9.17) is 5.73 Å². The highest BCUT2D eigenvalue weighted by Crippen LogP contribution is 2.25. The summed E-state index contributed by atoms with van der Waals surface area (Å²) in [5, 5.41) is 0. The molecule has 2 N–H and O–H groups in total. The Hall–Kier alpha value is -0.950. The molecule has 1 saturated heterocycles. The van der Waals surface area contributed by atoms with Crippen LogP contribution in [-0.4, -0.2) is 50.8 Å². The predicted octanol–water partition coefficient (Wildman–Crippen LogP) is 0.860. The van der Waals surface area contributed by atoms with Crippen molar-refractivity contribution >= 4 is 10.0 Å². The van der Waals surface area contributed by atoms with Gasteiger partial charge in [-0.1, -0.05) is 12.1 Å². The lowest BCUT2D eigenvalue weighted by atomic mass is 10.2. The fourth-order valence-electron chi connectivity index (χ4n) is 2.63. The van der Waals surface area contributed by atoms with Gasteiger partial charge in [-0.05, 0) is 44.6 Å². The fraction of sp³-hybridized carbons (Fsp3) is 0.571. The van der Waals surface area contributed by atoms with E-state index in [1.807, 2.05) is 26.2 Å². The lowest BCUT2D eigenvalue weighted by Crippen LogP contribution is -2.39. The average Bonchev–Trinajstić information content (AvgIpc) is 2.87. The quantitative estimate of drug-likeness (QED) is 0.875. The summed E-state index contributed by atoms with van der Waals surface area (Å²) in [6, 6.07) is 7.09. The van der Waals surface area contributed by atoms with Gasteiger partial charge in [0.1, 0.15) is 0 Å². The van der Waals surface area contributed by atoms with E-state index in [2.05, 4.69) is 4.90 Å². The first kappa shape index (κ1) is 15.4. The zero-order valence-corrected chi connectivity index (χ0v) is 12.9. The zero-order valence-electron chi connectivity index (χ0n) is 12.1. The molecule has 0 radical (unpaired) electrons. The second-order valence-electron chi connectivity index (χ2n) is 5.53. The van der Waals surface area contributed by atoms with Crippen molar-refractivity contribution in [2.24, 2.45) is 5.73 Å². The summed E-state index contributed by atoms with van der Waals surface area (Å²) in [5.74, 6) is 0. The number of nitrogens with two attached hydrogens (primary N) is 1. The smallest absolute Gasteiger partial charge is 0.243 e. The predicted molar refractivity (Wildman–Crippen MR) is 79.8 cm³/mol. The van der Waals surface area contributed by atoms with Crippen LogP contribution in [0.2, 0.25) is 0 Å². The van der Waals surface area contributed by atoms with Crippen LogP contribution >= 0.6 is 0 Å². The molecule has 1 aromatic rings. The van der Waals surface area contributed by atoms with Crippen molar-refractivity contribution in [2.45, 2.75) is 30.3 Å². The number of hydrogen-bond donors (Lipinski definition) is 1. The molecule has 6 heteroatoms. The zero-order chi connectivity index (χ0) is 14.8. The van der Waals surface area contributed by atoms with Gasteiger partial charge in [0.2, 0.25) is 10.0 Å². The van der Waals surface area contributed by atoms with Crippen LogP contribution in [0.15, 0.2) is 29.2 Å². The van der Waals surface area contributed by atoms with Gasteiger partial charge in [0.05, 0.1) is 4.90 Å². The lowest BCUT2D eigenvalue weighted by Gasteiger charge is -2.23. The Labute approximate surface area is 121 Å². The van der Waals surface area contributed by atoms with Gasteiger partial charge >= 0.3 is 0 Å². The van der Waals surface area contributed by atoms with Crippen LogP contribution in [0.4, 0.5) is 0 Å². The third-order valence-electron chi connectivity index (χ3n) is 3.62. The standard InChI is InChI=1S/C14H23N3O2S/c1-16(2)11-12-5-7-14(8-6-12)20(18,19)17-9-3-4-13(17)10-15/h5-8,13H,3-4,9-11,15H2,1-2H3. The molecule has 1 heterocycles. The molecule has 5 nitrogen and oxygen atoms in total. The van der Waals surface area contributed by atoms with E-state index in [0.717, 1.165) is 24.9 Å². The van der Waals surface area contributed by atoms with Crippen LogP contribution in [-0.2, 0) is 16.6 Å². The van der Waals surface area contributed by atoms with E-state index < -0.39 is 10.0 Å². The van der Waals surface area contributed by atoms with Crippen LogP contribution in [0.1, 0.15) is 18.4 Å². The third-order valence-corrected chi connectivity index (χ3v) is 5.59. The molecule has 0 saturated carbocycles. The summed E-state index contributed by atoms with van der Waals surface area (Å²) in [6.45, 7) is 1.76. The first-order valence-corrected chi connectivity index (χ1v) is 8.34. The first-order chi connectivity index (χ1) is 9.45.